The summed E-state index contributed by atoms with van der Waals surface area (Å²) in [6, 6.07) is 3.94. The molecule has 1 aromatic carbocycles. The third-order valence-corrected chi connectivity index (χ3v) is 9.47. The minimum absolute atomic E-state index is 0.0263. The Morgan fingerprint density at radius 2 is 1.41 bits per heavy atom. The molecule has 1 aromatic rings. The van der Waals surface area contributed by atoms with Gasteiger partial charge < -0.3 is 23.6 Å². The summed E-state index contributed by atoms with van der Waals surface area (Å²) in [6.07, 6.45) is 17.0. The van der Waals surface area contributed by atoms with Crippen molar-refractivity contribution in [3.8, 4) is 5.75 Å². The maximum atomic E-state index is 12.7. The Labute approximate surface area is 321 Å². The molecule has 0 spiro atoms. The van der Waals surface area contributed by atoms with E-state index in [9.17, 15) is 29.2 Å². The topological polar surface area (TPSA) is 209 Å². The molecule has 0 bridgehead atoms. The Balaban J connectivity index is 2.45. The first-order valence-corrected chi connectivity index (χ1v) is 21.0. The Kier molecular flexibility index (Phi) is 26.3. The third kappa shape index (κ3) is 26.5. The van der Waals surface area contributed by atoms with E-state index in [1.165, 1.54) is 69.9 Å². The van der Waals surface area contributed by atoms with Gasteiger partial charge in [0.05, 0.1) is 39.3 Å². The van der Waals surface area contributed by atoms with E-state index in [4.69, 9.17) is 28.8 Å². The molecule has 0 aliphatic rings. The molecule has 0 aliphatic carbocycles. The number of carbonyl (C=O) groups excluding carboxylic acids is 2. The largest absolute Gasteiger partial charge is 0.487 e. The first-order valence-electron chi connectivity index (χ1n) is 19.5. The molecule has 0 amide bonds. The number of azide groups is 1. The van der Waals surface area contributed by atoms with E-state index in [1.807, 2.05) is 21.1 Å². The smallest absolute Gasteiger partial charge is 0.472 e. The van der Waals surface area contributed by atoms with E-state index in [0.29, 0.717) is 43.1 Å². The molecule has 2 atom stereocenters. The van der Waals surface area contributed by atoms with Gasteiger partial charge in [0.15, 0.2) is 11.9 Å². The zero-order chi connectivity index (χ0) is 40.1. The lowest BCUT2D eigenvalue weighted by molar-refractivity contribution is -0.870. The van der Waals surface area contributed by atoms with Crippen LogP contribution in [-0.4, -0.2) is 86.5 Å². The summed E-state index contributed by atoms with van der Waals surface area (Å²) in [5.41, 5.74) is 8.35. The Morgan fingerprint density at radius 1 is 0.852 bits per heavy atom. The molecule has 0 fully saturated rings. The van der Waals surface area contributed by atoms with E-state index < -0.39 is 37.4 Å². The van der Waals surface area contributed by atoms with Gasteiger partial charge in [0.1, 0.15) is 19.8 Å². The third-order valence-electron chi connectivity index (χ3n) is 8.49. The molecule has 0 saturated heterocycles. The van der Waals surface area contributed by atoms with Gasteiger partial charge in [-0.1, -0.05) is 102 Å². The summed E-state index contributed by atoms with van der Waals surface area (Å²) in [7, 11) is 1.27. The molecule has 17 heteroatoms. The molecule has 0 heterocycles. The van der Waals surface area contributed by atoms with Crippen LogP contribution in [0.2, 0.25) is 0 Å². The molecule has 0 saturated carbocycles. The number of ether oxygens (including phenoxy) is 3. The van der Waals surface area contributed by atoms with Crippen molar-refractivity contribution in [2.24, 2.45) is 5.11 Å². The van der Waals surface area contributed by atoms with Crippen molar-refractivity contribution in [2.45, 2.75) is 135 Å². The van der Waals surface area contributed by atoms with Gasteiger partial charge in [0.25, 0.3) is 0 Å². The predicted octanol–water partition coefficient (Wildman–Crippen LogP) is 9.64. The van der Waals surface area contributed by atoms with Crippen molar-refractivity contribution < 1.29 is 51.7 Å². The van der Waals surface area contributed by atoms with Crippen LogP contribution in [0.1, 0.15) is 129 Å². The van der Waals surface area contributed by atoms with Crippen LogP contribution in [0.4, 0.5) is 11.4 Å². The van der Waals surface area contributed by atoms with Crippen LogP contribution in [-0.2, 0) is 32.7 Å². The maximum Gasteiger partial charge on any atom is 0.472 e. The summed E-state index contributed by atoms with van der Waals surface area (Å²) >= 11 is 0. The zero-order valence-electron chi connectivity index (χ0n) is 33.0. The zero-order valence-corrected chi connectivity index (χ0v) is 33.9. The van der Waals surface area contributed by atoms with Crippen LogP contribution < -0.4 is 4.74 Å². The summed E-state index contributed by atoms with van der Waals surface area (Å²) in [5, 5.41) is 14.7. The molecule has 1 unspecified atom stereocenters. The molecule has 1 N–H and O–H groups in total. The second-order valence-corrected chi connectivity index (χ2v) is 16.0. The lowest BCUT2D eigenvalue weighted by Gasteiger charge is -2.24. The molecular formula is C37H65N5O11P+. The number of nitro groups is 1. The highest BCUT2D eigenvalue weighted by Gasteiger charge is 2.27. The standard InChI is InChI=1S/C37H64N5O11P/c1-5-6-7-8-9-10-11-12-13-14-15-16-19-22-36(43)50-30-33(31-52-54(47,48)51-28-26-42(2,3)4)53-37(44)23-20-17-18-21-27-49-35-25-24-32(39-40-38)29-34(35)41(45)46/h24-25,29,33H,5-23,26-28,30-31H2,1-4H3/p+1/t33-/m1/s1. The summed E-state index contributed by atoms with van der Waals surface area (Å²) in [4.78, 5) is 48.6. The lowest BCUT2D eigenvalue weighted by Crippen LogP contribution is -2.37. The maximum absolute atomic E-state index is 12.7. The van der Waals surface area contributed by atoms with Gasteiger partial charge in [0.2, 0.25) is 0 Å². The first kappa shape index (κ1) is 48.8. The Hall–Kier alpha value is -3.26. The fourth-order valence-electron chi connectivity index (χ4n) is 5.34. The average molecular weight is 787 g/mol. The molecule has 0 aliphatic heterocycles. The number of nitro benzene ring substituents is 1. The molecular weight excluding hydrogens is 721 g/mol. The molecule has 16 nitrogen and oxygen atoms in total. The minimum atomic E-state index is -4.45. The number of nitrogens with zero attached hydrogens (tertiary/aromatic N) is 5. The number of hydrogen-bond donors (Lipinski definition) is 1. The number of phosphoric acid groups is 1. The molecule has 1 rings (SSSR count). The normalized spacial score (nSPS) is 13.1. The SMILES string of the molecule is CCCCCCCCCCCCCCCC(=O)OC[C@H](COP(=O)(O)OCC[N+](C)(C)C)OC(=O)CCCCCCOc1ccc(N=[N+]=[N-])cc1[N+](=O)[O-]. The average Bonchev–Trinajstić information content (AvgIpc) is 3.10. The second-order valence-electron chi connectivity index (χ2n) is 14.5. The van der Waals surface area contributed by atoms with Crippen LogP contribution in [0.25, 0.3) is 10.4 Å². The highest BCUT2D eigenvalue weighted by molar-refractivity contribution is 7.47. The van der Waals surface area contributed by atoms with Crippen LogP contribution in [0.3, 0.4) is 0 Å². The number of likely N-dealkylation sites (N-methyl/N-ethyl adjacent to an activating group) is 1. The van der Waals surface area contributed by atoms with Crippen LogP contribution >= 0.6 is 7.82 Å². The lowest BCUT2D eigenvalue weighted by atomic mass is 10.0. The number of quaternary nitrogens is 1. The fourth-order valence-corrected chi connectivity index (χ4v) is 6.08. The fraction of sp³-hybridized carbons (Fsp3) is 0.784. The Morgan fingerprint density at radius 3 is 1.96 bits per heavy atom. The first-order chi connectivity index (χ1) is 25.8. The molecule has 54 heavy (non-hydrogen) atoms. The monoisotopic (exact) mass is 786 g/mol. The van der Waals surface area contributed by atoms with Crippen molar-refractivity contribution >= 4 is 31.1 Å². The number of unbranched alkanes of at least 4 members (excludes halogenated alkanes) is 15. The van der Waals surface area contributed by atoms with E-state index in [2.05, 4.69) is 16.9 Å². The van der Waals surface area contributed by atoms with Crippen molar-refractivity contribution in [2.75, 3.05) is 54.1 Å². The van der Waals surface area contributed by atoms with Gasteiger partial charge in [-0.25, -0.2) is 4.57 Å². The van der Waals surface area contributed by atoms with Gasteiger partial charge in [-0.15, -0.1) is 0 Å². The second kappa shape index (κ2) is 29.1. The van der Waals surface area contributed by atoms with Gasteiger partial charge >= 0.3 is 25.4 Å². The van der Waals surface area contributed by atoms with Crippen LogP contribution in [0.15, 0.2) is 23.3 Å². The predicted molar refractivity (Wildman–Crippen MR) is 206 cm³/mol. The number of phosphoric ester groups is 1. The van der Waals surface area contributed by atoms with Crippen molar-refractivity contribution in [1.82, 2.24) is 0 Å². The van der Waals surface area contributed by atoms with Crippen molar-refractivity contribution in [3.05, 3.63) is 38.8 Å². The van der Waals surface area contributed by atoms with Gasteiger partial charge in [-0.05, 0) is 36.9 Å². The Bertz CT molecular complexity index is 1320. The minimum Gasteiger partial charge on any atom is -0.487 e. The highest BCUT2D eigenvalue weighted by Crippen LogP contribution is 2.43. The summed E-state index contributed by atoms with van der Waals surface area (Å²) < 4.78 is 39.5. The van der Waals surface area contributed by atoms with Crippen molar-refractivity contribution in [1.29, 1.82) is 0 Å². The number of benzene rings is 1. The number of carbonyl (C=O) groups is 2. The molecule has 0 aromatic heterocycles. The number of hydrogen-bond acceptors (Lipinski definition) is 11. The van der Waals surface area contributed by atoms with E-state index >= 15 is 0 Å². The van der Waals surface area contributed by atoms with Gasteiger partial charge in [0, 0.05) is 29.5 Å². The van der Waals surface area contributed by atoms with Gasteiger partial charge in [-0.3, -0.25) is 28.8 Å². The molecule has 308 valence electrons. The summed E-state index contributed by atoms with van der Waals surface area (Å²) in [5.74, 6) is -0.962. The van der Waals surface area contributed by atoms with E-state index in [0.717, 1.165) is 25.3 Å². The van der Waals surface area contributed by atoms with Gasteiger partial charge in [-0.2, -0.15) is 0 Å². The quantitative estimate of drug-likeness (QED) is 0.00800. The molecule has 0 radical (unpaired) electrons. The highest BCUT2D eigenvalue weighted by atomic mass is 31.2. The number of rotatable bonds is 34. The van der Waals surface area contributed by atoms with Crippen LogP contribution in [0.5, 0.6) is 5.75 Å². The van der Waals surface area contributed by atoms with E-state index in [-0.39, 0.29) is 49.8 Å². The van der Waals surface area contributed by atoms with E-state index in [1.54, 1.807) is 0 Å². The van der Waals surface area contributed by atoms with Crippen molar-refractivity contribution in [3.63, 3.8) is 0 Å². The van der Waals surface area contributed by atoms with Crippen LogP contribution in [0, 0.1) is 10.1 Å². The summed E-state index contributed by atoms with van der Waals surface area (Å²) in [6.45, 7) is 2.05. The number of esters is 2.